The van der Waals surface area contributed by atoms with Gasteiger partial charge in [0.05, 0.1) is 16.6 Å². The van der Waals surface area contributed by atoms with Crippen LogP contribution in [-0.2, 0) is 12.4 Å². The van der Waals surface area contributed by atoms with Crippen LogP contribution in [0.1, 0.15) is 11.1 Å². The van der Waals surface area contributed by atoms with E-state index in [4.69, 9.17) is 0 Å². The SMILES string of the molecule is Fc1ccc(-c2cc(-c3ccc(F)cc3)cc(-c3cnc4cc(-c5cc(C(F)(F)F)cc(C(F)(F)F)c5)ccc4c3)c2)cc1. The van der Waals surface area contributed by atoms with Crippen molar-refractivity contribution in [3.63, 3.8) is 0 Å². The van der Waals surface area contributed by atoms with E-state index in [1.165, 1.54) is 36.4 Å². The van der Waals surface area contributed by atoms with Gasteiger partial charge in [0.15, 0.2) is 0 Å². The minimum atomic E-state index is -4.96. The van der Waals surface area contributed by atoms with E-state index in [1.807, 2.05) is 18.2 Å². The van der Waals surface area contributed by atoms with Crippen molar-refractivity contribution < 1.29 is 35.1 Å². The quantitative estimate of drug-likeness (QED) is 0.182. The van der Waals surface area contributed by atoms with Gasteiger partial charge in [-0.3, -0.25) is 4.98 Å². The predicted octanol–water partition coefficient (Wildman–Crippen LogP) is 11.2. The zero-order valence-electron chi connectivity index (χ0n) is 22.4. The molecule has 0 aliphatic heterocycles. The summed E-state index contributed by atoms with van der Waals surface area (Å²) in [5.74, 6) is -0.775. The van der Waals surface area contributed by atoms with E-state index in [0.717, 1.165) is 27.8 Å². The Labute approximate surface area is 246 Å². The Bertz CT molecular complexity index is 1890. The number of nitrogens with zero attached hydrogens (tertiary/aromatic N) is 1. The second-order valence-electron chi connectivity index (χ2n) is 10.2. The Hall–Kier alpha value is -5.05. The molecule has 1 nitrogen and oxygen atoms in total. The minimum absolute atomic E-state index is 0.0926. The van der Waals surface area contributed by atoms with Gasteiger partial charge in [-0.2, -0.15) is 26.3 Å². The first-order valence-corrected chi connectivity index (χ1v) is 13.2. The number of alkyl halides is 6. The molecule has 0 amide bonds. The molecule has 6 rings (SSSR count). The lowest BCUT2D eigenvalue weighted by Gasteiger charge is -2.15. The molecule has 0 bridgehead atoms. The zero-order valence-corrected chi connectivity index (χ0v) is 22.4. The lowest BCUT2D eigenvalue weighted by molar-refractivity contribution is -0.143. The topological polar surface area (TPSA) is 12.9 Å². The van der Waals surface area contributed by atoms with E-state index in [2.05, 4.69) is 4.98 Å². The maximum atomic E-state index is 13.6. The van der Waals surface area contributed by atoms with Crippen LogP contribution in [0.25, 0.3) is 55.4 Å². The van der Waals surface area contributed by atoms with Gasteiger partial charge in [-0.1, -0.05) is 36.4 Å². The number of benzene rings is 5. The van der Waals surface area contributed by atoms with Gasteiger partial charge in [-0.05, 0) is 112 Å². The van der Waals surface area contributed by atoms with Crippen molar-refractivity contribution in [2.45, 2.75) is 12.4 Å². The van der Waals surface area contributed by atoms with E-state index in [9.17, 15) is 35.1 Å². The van der Waals surface area contributed by atoms with Crippen molar-refractivity contribution in [1.29, 1.82) is 0 Å². The molecule has 0 unspecified atom stereocenters. The number of halogens is 8. The molecular weight excluding hydrogens is 586 g/mol. The third-order valence-electron chi connectivity index (χ3n) is 7.23. The highest BCUT2D eigenvalue weighted by atomic mass is 19.4. The van der Waals surface area contributed by atoms with Gasteiger partial charge in [0.2, 0.25) is 0 Å². The molecule has 0 saturated carbocycles. The Morgan fingerprint density at radius 2 is 0.818 bits per heavy atom. The van der Waals surface area contributed by atoms with Gasteiger partial charge >= 0.3 is 12.4 Å². The fourth-order valence-electron chi connectivity index (χ4n) is 4.99. The van der Waals surface area contributed by atoms with Crippen LogP contribution in [0.2, 0.25) is 0 Å². The molecule has 44 heavy (non-hydrogen) atoms. The smallest absolute Gasteiger partial charge is 0.256 e. The van der Waals surface area contributed by atoms with Crippen LogP contribution in [0.5, 0.6) is 0 Å². The van der Waals surface area contributed by atoms with Crippen LogP contribution in [0.4, 0.5) is 35.1 Å². The molecule has 0 aliphatic carbocycles. The average molecular weight is 606 g/mol. The van der Waals surface area contributed by atoms with Crippen molar-refractivity contribution in [2.24, 2.45) is 0 Å². The van der Waals surface area contributed by atoms with Gasteiger partial charge in [-0.15, -0.1) is 0 Å². The molecule has 1 heterocycles. The summed E-state index contributed by atoms with van der Waals surface area (Å²) >= 11 is 0. The molecule has 9 heteroatoms. The monoisotopic (exact) mass is 605 g/mol. The predicted molar refractivity (Wildman–Crippen MR) is 153 cm³/mol. The van der Waals surface area contributed by atoms with Crippen molar-refractivity contribution >= 4 is 10.9 Å². The Kier molecular flexibility index (Phi) is 7.19. The summed E-state index contributed by atoms with van der Waals surface area (Å²) in [6.07, 6.45) is -8.37. The highest BCUT2D eigenvalue weighted by molar-refractivity contribution is 5.89. The summed E-state index contributed by atoms with van der Waals surface area (Å²) in [5, 5.41) is 0.602. The number of hydrogen-bond donors (Lipinski definition) is 0. The molecule has 220 valence electrons. The fourth-order valence-corrected chi connectivity index (χ4v) is 4.99. The first kappa shape index (κ1) is 29.0. The summed E-state index contributed by atoms with van der Waals surface area (Å²) in [4.78, 5) is 4.47. The van der Waals surface area contributed by atoms with E-state index in [-0.39, 0.29) is 28.8 Å². The number of pyridine rings is 1. The van der Waals surface area contributed by atoms with Crippen LogP contribution in [-0.4, -0.2) is 4.98 Å². The lowest BCUT2D eigenvalue weighted by Crippen LogP contribution is -2.11. The van der Waals surface area contributed by atoms with Crippen molar-refractivity contribution in [1.82, 2.24) is 4.98 Å². The summed E-state index contributed by atoms with van der Waals surface area (Å²) in [6.45, 7) is 0. The van der Waals surface area contributed by atoms with Gasteiger partial charge in [0.25, 0.3) is 0 Å². The molecule has 6 aromatic rings. The standard InChI is InChI=1S/C35H19F8N/c36-31-7-3-20(4-8-31)24-12-25(21-5-9-32(37)10-6-21)14-26(13-24)28-11-23-2-1-22(17-33(23)44-19-28)27-15-29(34(38,39)40)18-30(16-27)35(41,42)43/h1-19H. The van der Waals surface area contributed by atoms with Crippen LogP contribution in [0.3, 0.4) is 0 Å². The number of fused-ring (bicyclic) bond motifs is 1. The number of aromatic nitrogens is 1. The summed E-state index contributed by atoms with van der Waals surface area (Å²) in [7, 11) is 0. The zero-order chi connectivity index (χ0) is 31.2. The molecule has 0 radical (unpaired) electrons. The Morgan fingerprint density at radius 3 is 1.30 bits per heavy atom. The molecule has 0 aliphatic rings. The third-order valence-corrected chi connectivity index (χ3v) is 7.23. The first-order chi connectivity index (χ1) is 20.8. The maximum absolute atomic E-state index is 13.6. The average Bonchev–Trinajstić information content (AvgIpc) is 3.00. The van der Waals surface area contributed by atoms with Crippen LogP contribution in [0, 0.1) is 11.6 Å². The molecule has 0 N–H and O–H groups in total. The number of hydrogen-bond acceptors (Lipinski definition) is 1. The third kappa shape index (κ3) is 6.04. The van der Waals surface area contributed by atoms with Gasteiger partial charge in [0, 0.05) is 17.1 Å². The Morgan fingerprint density at radius 1 is 0.386 bits per heavy atom. The van der Waals surface area contributed by atoms with E-state index < -0.39 is 23.5 Å². The molecule has 0 fully saturated rings. The van der Waals surface area contributed by atoms with Crippen LogP contribution < -0.4 is 0 Å². The fraction of sp³-hybridized carbons (Fsp3) is 0.0571. The largest absolute Gasteiger partial charge is 0.416 e. The lowest BCUT2D eigenvalue weighted by atomic mass is 9.93. The highest BCUT2D eigenvalue weighted by Crippen LogP contribution is 2.39. The first-order valence-electron chi connectivity index (χ1n) is 13.2. The maximum Gasteiger partial charge on any atom is 0.416 e. The van der Waals surface area contributed by atoms with Crippen LogP contribution >= 0.6 is 0 Å². The molecule has 0 saturated heterocycles. The van der Waals surface area contributed by atoms with Gasteiger partial charge in [-0.25, -0.2) is 8.78 Å². The normalized spacial score (nSPS) is 12.1. The number of rotatable bonds is 4. The molecule has 5 aromatic carbocycles. The van der Waals surface area contributed by atoms with Crippen molar-refractivity contribution in [3.8, 4) is 44.5 Å². The molecular formula is C35H19F8N. The van der Waals surface area contributed by atoms with E-state index in [1.54, 1.807) is 42.6 Å². The van der Waals surface area contributed by atoms with Crippen LogP contribution in [0.15, 0.2) is 115 Å². The van der Waals surface area contributed by atoms with Crippen molar-refractivity contribution in [3.05, 3.63) is 138 Å². The van der Waals surface area contributed by atoms with E-state index in [0.29, 0.717) is 28.6 Å². The second kappa shape index (κ2) is 10.9. The van der Waals surface area contributed by atoms with Gasteiger partial charge in [0.1, 0.15) is 11.6 Å². The van der Waals surface area contributed by atoms with Gasteiger partial charge < -0.3 is 0 Å². The molecule has 0 atom stereocenters. The molecule has 0 spiro atoms. The summed E-state index contributed by atoms with van der Waals surface area (Å²) in [5.41, 5.74) is 1.90. The summed E-state index contributed by atoms with van der Waals surface area (Å²) in [6, 6.07) is 25.3. The highest BCUT2D eigenvalue weighted by Gasteiger charge is 2.37. The van der Waals surface area contributed by atoms with E-state index >= 15 is 0 Å². The van der Waals surface area contributed by atoms with Crippen molar-refractivity contribution in [2.75, 3.05) is 0 Å². The molecule has 1 aromatic heterocycles. The Balaban J connectivity index is 1.44. The second-order valence-corrected chi connectivity index (χ2v) is 10.2. The minimum Gasteiger partial charge on any atom is -0.256 e. The summed E-state index contributed by atoms with van der Waals surface area (Å²) < 4.78 is 108.